The van der Waals surface area contributed by atoms with Crippen molar-refractivity contribution in [2.75, 3.05) is 25.8 Å². The van der Waals surface area contributed by atoms with E-state index in [2.05, 4.69) is 42.5 Å². The standard InChI is InChI=1S/C68H80Cl2N10O23S/c1-25(2)13-36(73-5)60(91)79-51-53(86)28-8-11-40(34(69)15-28)99-42-17-30-18-43(57(42)103-67-58(56(89)55(88)44(23-81)101-67)102-46-22-68(4,72)59(90)26(3)98-46)100-41-12-9-29(16-35(41)70)54(87)52-66(97)78-50(62(93)74-24-104-6)33-19-31(82)20-39(84)47(33)32-14-27(7-10-38(32)83)48(63(94)80-52)77-64(95)49(30)76-61(92)37(21-45(71)85)75-65(51)96/h7-12,14-20,25-26,36-37,44,46,48-56,58-59,67,73,81-84,86-90H,13,21-24,72H2,1-6H3,(H2,71,85)(H,74,93)(H,75,96)(H,76,92)(H,77,95)(H,78,97)(H,79,91)(H,80,94)/t26?,36-,37?,44?,46+,48-,49-,50+,51-,52+,53-,54-,55-,56?,58?,59-,67+,68?/m1/s1. The molecule has 104 heavy (non-hydrogen) atoms. The van der Waals surface area contributed by atoms with Gasteiger partial charge < -0.3 is 128 Å². The highest BCUT2D eigenvalue weighted by molar-refractivity contribution is 7.98. The zero-order valence-electron chi connectivity index (χ0n) is 56.5. The lowest BCUT2D eigenvalue weighted by Gasteiger charge is -2.47. The summed E-state index contributed by atoms with van der Waals surface area (Å²) in [7, 11) is 1.48. The number of primary amides is 1. The summed E-state index contributed by atoms with van der Waals surface area (Å²) in [6.45, 7) is 5.70. The topological polar surface area (TPSA) is 522 Å². The summed E-state index contributed by atoms with van der Waals surface area (Å²) in [5.74, 6) is -14.6. The fourth-order valence-corrected chi connectivity index (χ4v) is 13.5. The number of carbonyl (C=O) groups is 8. The highest BCUT2D eigenvalue weighted by atomic mass is 35.5. The van der Waals surface area contributed by atoms with Crippen LogP contribution < -0.4 is 68.2 Å². The van der Waals surface area contributed by atoms with E-state index in [1.807, 2.05) is 13.8 Å². The van der Waals surface area contributed by atoms with Gasteiger partial charge in [0.15, 0.2) is 23.9 Å². The van der Waals surface area contributed by atoms with Gasteiger partial charge in [0.25, 0.3) is 0 Å². The predicted octanol–water partition coefficient (Wildman–Crippen LogP) is 0.458. The molecule has 12 rings (SSSR count). The zero-order valence-corrected chi connectivity index (χ0v) is 58.8. The molecule has 6 unspecified atom stereocenters. The molecule has 5 aromatic carbocycles. The number of halogens is 2. The largest absolute Gasteiger partial charge is 0.508 e. The molecule has 5 aromatic rings. The summed E-state index contributed by atoms with van der Waals surface area (Å²) in [5.41, 5.74) is 8.63. The number of fused-ring (bicyclic) bond motifs is 15. The smallest absolute Gasteiger partial charge is 0.248 e. The van der Waals surface area contributed by atoms with Crippen LogP contribution in [0.2, 0.25) is 10.0 Å². The number of nitrogens with two attached hydrogens (primary N) is 2. The van der Waals surface area contributed by atoms with Gasteiger partial charge in [-0.05, 0) is 122 Å². The number of phenolic OH excluding ortho intramolecular Hbond substituents is 3. The quantitative estimate of drug-likeness (QED) is 0.0633. The molecule has 8 amide bonds. The molecule has 0 spiro atoms. The van der Waals surface area contributed by atoms with Gasteiger partial charge in [0.1, 0.15) is 95.5 Å². The molecular formula is C68H80Cl2N10O23S. The highest BCUT2D eigenvalue weighted by Crippen LogP contribution is 2.50. The lowest BCUT2D eigenvalue weighted by Crippen LogP contribution is -2.64. The third-order valence-electron chi connectivity index (χ3n) is 18.2. The molecular weight excluding hydrogens is 1430 g/mol. The number of ether oxygens (including phenoxy) is 6. The van der Waals surface area contributed by atoms with Crippen LogP contribution >= 0.6 is 35.0 Å². The van der Waals surface area contributed by atoms with E-state index in [1.54, 1.807) is 6.26 Å². The number of likely N-dealkylation sites (N-methyl/N-ethyl adjacent to an activating group) is 1. The van der Waals surface area contributed by atoms with Crippen molar-refractivity contribution in [2.45, 2.75) is 156 Å². The molecule has 2 fully saturated rings. The fourth-order valence-electron chi connectivity index (χ4n) is 12.8. The van der Waals surface area contributed by atoms with Gasteiger partial charge in [0.05, 0.1) is 47.2 Å². The van der Waals surface area contributed by atoms with E-state index in [9.17, 15) is 65.1 Å². The van der Waals surface area contributed by atoms with Gasteiger partial charge in [-0.3, -0.25) is 38.4 Å². The van der Waals surface area contributed by atoms with Gasteiger partial charge in [-0.2, -0.15) is 0 Å². The summed E-state index contributed by atoms with van der Waals surface area (Å²) in [5, 5.41) is 124. The monoisotopic (exact) mass is 1510 g/mol. The Morgan fingerprint density at radius 3 is 1.94 bits per heavy atom. The molecule has 0 radical (unpaired) electrons. The van der Waals surface area contributed by atoms with Gasteiger partial charge in [0, 0.05) is 29.2 Å². The first-order chi connectivity index (χ1) is 49.2. The fraction of sp³-hybridized carbons (Fsp3) is 0.441. The van der Waals surface area contributed by atoms with Crippen molar-refractivity contribution in [1.29, 1.82) is 0 Å². The Morgan fingerprint density at radius 2 is 1.35 bits per heavy atom. The third-order valence-corrected chi connectivity index (χ3v) is 19.2. The molecule has 36 heteroatoms. The molecule has 0 aliphatic carbocycles. The molecule has 2 saturated heterocycles. The van der Waals surface area contributed by atoms with Crippen LogP contribution in [0.15, 0.2) is 78.9 Å². The third kappa shape index (κ3) is 16.8. The maximum absolute atomic E-state index is 16.1. The van der Waals surface area contributed by atoms with Gasteiger partial charge in [-0.1, -0.05) is 55.2 Å². The minimum atomic E-state index is -2.33. The van der Waals surface area contributed by atoms with E-state index in [0.717, 1.165) is 72.4 Å². The number of aliphatic hydroxyl groups is 6. The minimum absolute atomic E-state index is 0.0591. The van der Waals surface area contributed by atoms with E-state index in [0.29, 0.717) is 0 Å². The van der Waals surface area contributed by atoms with Crippen molar-refractivity contribution >= 4 is 82.2 Å². The maximum Gasteiger partial charge on any atom is 0.248 e. The van der Waals surface area contributed by atoms with E-state index in [4.69, 9.17) is 63.1 Å². The first kappa shape index (κ1) is 77.8. The number of benzene rings is 5. The van der Waals surface area contributed by atoms with Crippen LogP contribution in [0.25, 0.3) is 11.1 Å². The number of nitrogens with one attached hydrogen (secondary N) is 8. The molecule has 560 valence electrons. The van der Waals surface area contributed by atoms with Crippen molar-refractivity contribution in [3.8, 4) is 57.1 Å². The Bertz CT molecular complexity index is 4140. The van der Waals surface area contributed by atoms with Crippen LogP contribution in [0.3, 0.4) is 0 Å². The minimum Gasteiger partial charge on any atom is -0.508 e. The van der Waals surface area contributed by atoms with Crippen LogP contribution in [0, 0.1) is 5.92 Å². The van der Waals surface area contributed by atoms with Gasteiger partial charge >= 0.3 is 0 Å². The number of aliphatic hydroxyl groups excluding tert-OH is 6. The van der Waals surface area contributed by atoms with Crippen LogP contribution in [0.5, 0.6) is 46.0 Å². The number of phenols is 3. The molecule has 18 atom stereocenters. The Morgan fingerprint density at radius 1 is 0.731 bits per heavy atom. The van der Waals surface area contributed by atoms with Crippen molar-refractivity contribution in [2.24, 2.45) is 17.4 Å². The van der Waals surface area contributed by atoms with E-state index in [-0.39, 0.29) is 69.0 Å². The number of hydrogen-bond acceptors (Lipinski definition) is 26. The molecule has 21 N–H and O–H groups in total. The Hall–Kier alpha value is -8.85. The Kier molecular flexibility index (Phi) is 24.1. The number of aromatic hydroxyl groups is 3. The molecule has 7 aliphatic rings. The van der Waals surface area contributed by atoms with Crippen LogP contribution in [-0.2, 0) is 52.6 Å². The second-order valence-corrected chi connectivity index (χ2v) is 28.0. The summed E-state index contributed by atoms with van der Waals surface area (Å²) < 4.78 is 38.5. The SMILES string of the molecule is CN[C@H](CC(C)C)C(=O)N[C@H]1C(=O)NC(CC(N)=O)C(=O)N[C@H]2C(=O)N[C@H]3C(=O)N[C@H](C(=O)N[C@H](C(=O)NCSC)c4cc(O)cc(O)c4-c4cc3ccc4O)[C@H](O)c3ccc(c(Cl)c3)Oc3cc2cc(c3O[C@@H]2OC(CO)[C@@H](O)C(O)C2O[C@H]2CC(C)(N)[C@H](O)C(C)O2)Oc2ccc(cc2Cl)[C@H]1O. The molecule has 0 saturated carbocycles. The molecule has 33 nitrogen and oxygen atoms in total. The van der Waals surface area contributed by atoms with E-state index in [1.165, 1.54) is 39.1 Å². The summed E-state index contributed by atoms with van der Waals surface area (Å²) in [4.78, 5) is 119. The normalized spacial score (nSPS) is 28.9. The number of amides is 8. The van der Waals surface area contributed by atoms with Crippen molar-refractivity contribution in [3.63, 3.8) is 0 Å². The Balaban J connectivity index is 1.24. The number of rotatable bonds is 15. The van der Waals surface area contributed by atoms with Crippen molar-refractivity contribution in [1.82, 2.24) is 42.5 Å². The van der Waals surface area contributed by atoms with Crippen LogP contribution in [0.1, 0.15) is 105 Å². The Labute approximate surface area is 607 Å². The molecule has 11 bridgehead atoms. The second kappa shape index (κ2) is 32.3. The average Bonchev–Trinajstić information content (AvgIpc) is 0.765. The summed E-state index contributed by atoms with van der Waals surface area (Å²) in [6, 6.07) is 0.462. The van der Waals surface area contributed by atoms with Gasteiger partial charge in [0.2, 0.25) is 59.3 Å². The lowest BCUT2D eigenvalue weighted by atomic mass is 9.86. The van der Waals surface area contributed by atoms with Gasteiger partial charge in [-0.15, -0.1) is 11.8 Å². The predicted molar refractivity (Wildman–Crippen MR) is 368 cm³/mol. The number of hydrogen-bond donors (Lipinski definition) is 19. The zero-order chi connectivity index (χ0) is 75.7. The average molecular weight is 1510 g/mol. The van der Waals surface area contributed by atoms with Crippen molar-refractivity contribution in [3.05, 3.63) is 117 Å². The first-order valence-electron chi connectivity index (χ1n) is 32.7. The second-order valence-electron chi connectivity index (χ2n) is 26.4. The van der Waals surface area contributed by atoms with Crippen LogP contribution in [-0.4, -0.2) is 198 Å². The summed E-state index contributed by atoms with van der Waals surface area (Å²) >= 11 is 15.4. The van der Waals surface area contributed by atoms with Crippen molar-refractivity contribution < 1.29 is 113 Å². The van der Waals surface area contributed by atoms with E-state index >= 15 is 19.2 Å². The number of carbonyl (C=O) groups excluding carboxylic acids is 8. The summed E-state index contributed by atoms with van der Waals surface area (Å²) in [6.07, 6.45) is -16.8. The maximum atomic E-state index is 16.1. The number of thioether (sulfide) groups is 1. The highest BCUT2D eigenvalue weighted by Gasteiger charge is 2.52. The van der Waals surface area contributed by atoms with Crippen LogP contribution in [0.4, 0.5) is 0 Å². The molecule has 7 aliphatic heterocycles. The molecule has 0 aromatic heterocycles. The lowest BCUT2D eigenvalue weighted by molar-refractivity contribution is -0.333. The van der Waals surface area contributed by atoms with Gasteiger partial charge in [-0.25, -0.2) is 0 Å². The first-order valence-corrected chi connectivity index (χ1v) is 34.8. The van der Waals surface area contributed by atoms with E-state index < -0.39 is 220 Å². The molecule has 7 heterocycles.